The maximum absolute atomic E-state index is 6.69. The van der Waals surface area contributed by atoms with Crippen LogP contribution in [0.2, 0.25) is 5.02 Å². The molecule has 1 saturated heterocycles. The predicted octanol–water partition coefficient (Wildman–Crippen LogP) is 2.98. The van der Waals surface area contributed by atoms with Crippen LogP contribution in [0.5, 0.6) is 0 Å². The van der Waals surface area contributed by atoms with Crippen molar-refractivity contribution in [3.8, 4) is 17.1 Å². The smallest absolute Gasteiger partial charge is 0.177 e. The zero-order valence-corrected chi connectivity index (χ0v) is 20.3. The Hall–Kier alpha value is -3.41. The minimum atomic E-state index is 0.0124. The first-order chi connectivity index (χ1) is 17.1. The average molecular weight is 505 g/mol. The Morgan fingerprint density at radius 1 is 1.23 bits per heavy atom. The average Bonchev–Trinajstić information content (AvgIpc) is 3.53. The summed E-state index contributed by atoms with van der Waals surface area (Å²) in [5.74, 6) is 2.35. The lowest BCUT2D eigenvalue weighted by Crippen LogP contribution is -2.35. The fourth-order valence-electron chi connectivity index (χ4n) is 5.50. The van der Waals surface area contributed by atoms with Gasteiger partial charge in [0.25, 0.3) is 0 Å². The van der Waals surface area contributed by atoms with Gasteiger partial charge >= 0.3 is 0 Å². The number of piperidine rings is 1. The number of aromatic nitrogens is 8. The standard InChI is InChI=1S/C23H21ClN10S/c1-12-10-35-22(29-12)23(11-25)14-8-33(9-15(14)23)16-7-27-19-18(31-32-20(19)30-16)13-3-5-26-21(17(13)24)34-6-2-4-28-34/h2-7,10,14-15H,8-9,11,25H2,1H3,(H,30,31,32)/t14-,15+,23?. The molecular formula is C23H21ClN10S. The summed E-state index contributed by atoms with van der Waals surface area (Å²) in [7, 11) is 0. The van der Waals surface area contributed by atoms with Crippen molar-refractivity contribution in [3.63, 3.8) is 0 Å². The first-order valence-electron chi connectivity index (χ1n) is 11.3. The zero-order chi connectivity index (χ0) is 23.7. The third-order valence-corrected chi connectivity index (χ3v) is 8.84. The Balaban J connectivity index is 1.17. The number of nitrogens with zero attached hydrogens (tertiary/aromatic N) is 8. The molecule has 7 rings (SSSR count). The number of anilines is 1. The molecular weight excluding hydrogens is 484 g/mol. The number of rotatable bonds is 5. The largest absolute Gasteiger partial charge is 0.355 e. The first-order valence-corrected chi connectivity index (χ1v) is 12.6. The van der Waals surface area contributed by atoms with Gasteiger partial charge in [0, 0.05) is 60.3 Å². The fourth-order valence-corrected chi connectivity index (χ4v) is 6.92. The number of nitrogens with two attached hydrogens (primary N) is 1. The van der Waals surface area contributed by atoms with Crippen molar-refractivity contribution < 1.29 is 0 Å². The molecule has 12 heteroatoms. The molecule has 10 nitrogen and oxygen atoms in total. The highest BCUT2D eigenvalue weighted by atomic mass is 35.5. The summed E-state index contributed by atoms with van der Waals surface area (Å²) in [5.41, 5.74) is 9.96. The molecule has 3 N–H and O–H groups in total. The van der Waals surface area contributed by atoms with Gasteiger partial charge in [0.15, 0.2) is 11.5 Å². The van der Waals surface area contributed by atoms with Gasteiger partial charge in [0.2, 0.25) is 0 Å². The lowest BCUT2D eigenvalue weighted by Gasteiger charge is -2.25. The Morgan fingerprint density at radius 2 is 2.09 bits per heavy atom. The van der Waals surface area contributed by atoms with E-state index in [1.807, 2.05) is 25.3 Å². The Bertz CT molecular complexity index is 1550. The number of H-pyrrole nitrogens is 1. The van der Waals surface area contributed by atoms with E-state index in [1.165, 1.54) is 5.01 Å². The van der Waals surface area contributed by atoms with Crippen LogP contribution in [-0.2, 0) is 5.41 Å². The molecule has 0 aromatic carbocycles. The molecule has 176 valence electrons. The lowest BCUT2D eigenvalue weighted by molar-refractivity contribution is 0.549. The van der Waals surface area contributed by atoms with Crippen molar-refractivity contribution in [2.75, 3.05) is 24.5 Å². The van der Waals surface area contributed by atoms with Crippen LogP contribution in [0.3, 0.4) is 0 Å². The number of hydrogen-bond acceptors (Lipinski definition) is 9. The number of nitrogens with one attached hydrogen (secondary N) is 1. The van der Waals surface area contributed by atoms with Crippen molar-refractivity contribution in [2.24, 2.45) is 17.6 Å². The third-order valence-electron chi connectivity index (χ3n) is 7.32. The summed E-state index contributed by atoms with van der Waals surface area (Å²) in [6, 6.07) is 3.64. The first kappa shape index (κ1) is 20.9. The topological polar surface area (TPSA) is 127 Å². The van der Waals surface area contributed by atoms with Gasteiger partial charge in [-0.2, -0.15) is 10.2 Å². The van der Waals surface area contributed by atoms with E-state index in [2.05, 4.69) is 30.6 Å². The van der Waals surface area contributed by atoms with Gasteiger partial charge < -0.3 is 10.6 Å². The molecule has 5 aromatic rings. The second-order valence-electron chi connectivity index (χ2n) is 9.10. The van der Waals surface area contributed by atoms with E-state index in [0.29, 0.717) is 51.6 Å². The van der Waals surface area contributed by atoms with E-state index >= 15 is 0 Å². The molecule has 0 spiro atoms. The fraction of sp³-hybridized carbons (Fsp3) is 0.304. The maximum Gasteiger partial charge on any atom is 0.177 e. The second kappa shape index (κ2) is 7.54. The predicted molar refractivity (Wildman–Crippen MR) is 134 cm³/mol. The van der Waals surface area contributed by atoms with Crippen LogP contribution < -0.4 is 10.6 Å². The Morgan fingerprint density at radius 3 is 2.80 bits per heavy atom. The van der Waals surface area contributed by atoms with Crippen molar-refractivity contribution in [3.05, 3.63) is 58.0 Å². The van der Waals surface area contributed by atoms with Crippen molar-refractivity contribution in [1.82, 2.24) is 39.9 Å². The van der Waals surface area contributed by atoms with Gasteiger partial charge in [-0.25, -0.2) is 24.6 Å². The molecule has 2 aliphatic rings. The molecule has 1 aliphatic carbocycles. The summed E-state index contributed by atoms with van der Waals surface area (Å²) < 4.78 is 1.62. The molecule has 1 saturated carbocycles. The number of aryl methyl sites for hydroxylation is 1. The van der Waals surface area contributed by atoms with Gasteiger partial charge in [-0.1, -0.05) is 11.6 Å². The second-order valence-corrected chi connectivity index (χ2v) is 10.3. The summed E-state index contributed by atoms with van der Waals surface area (Å²) >= 11 is 8.42. The minimum absolute atomic E-state index is 0.0124. The highest BCUT2D eigenvalue weighted by Gasteiger charge is 2.69. The summed E-state index contributed by atoms with van der Waals surface area (Å²) in [6.45, 7) is 4.45. The normalized spacial score (nSPS) is 23.2. The Labute approximate surface area is 209 Å². The highest BCUT2D eigenvalue weighted by molar-refractivity contribution is 7.09. The maximum atomic E-state index is 6.69. The lowest BCUT2D eigenvalue weighted by atomic mass is 10.0. The molecule has 1 unspecified atom stereocenters. The summed E-state index contributed by atoms with van der Waals surface area (Å²) in [5, 5.41) is 15.5. The minimum Gasteiger partial charge on any atom is -0.355 e. The zero-order valence-electron chi connectivity index (χ0n) is 18.8. The third kappa shape index (κ3) is 2.98. The van der Waals surface area contributed by atoms with Gasteiger partial charge in [-0.05, 0) is 30.9 Å². The van der Waals surface area contributed by atoms with Crippen molar-refractivity contribution in [2.45, 2.75) is 12.3 Å². The van der Waals surface area contributed by atoms with E-state index in [4.69, 9.17) is 32.3 Å². The summed E-state index contributed by atoms with van der Waals surface area (Å²) in [4.78, 5) is 21.0. The molecule has 1 aliphatic heterocycles. The highest BCUT2D eigenvalue weighted by Crippen LogP contribution is 2.63. The number of fused-ring (bicyclic) bond motifs is 2. The number of hydrogen-bond donors (Lipinski definition) is 2. The number of pyridine rings is 1. The molecule has 35 heavy (non-hydrogen) atoms. The van der Waals surface area contributed by atoms with E-state index in [0.717, 1.165) is 24.6 Å². The van der Waals surface area contributed by atoms with Crippen molar-refractivity contribution in [1.29, 1.82) is 0 Å². The number of thiazole rings is 1. The van der Waals surface area contributed by atoms with Crippen LogP contribution in [0.25, 0.3) is 28.2 Å². The van der Waals surface area contributed by atoms with Crippen LogP contribution in [0, 0.1) is 18.8 Å². The van der Waals surface area contributed by atoms with Crippen LogP contribution in [0.1, 0.15) is 10.7 Å². The van der Waals surface area contributed by atoms with E-state index in [1.54, 1.807) is 34.6 Å². The molecule has 0 amide bonds. The van der Waals surface area contributed by atoms with Gasteiger partial charge in [-0.3, -0.25) is 5.10 Å². The van der Waals surface area contributed by atoms with E-state index in [-0.39, 0.29) is 5.41 Å². The Kier molecular flexibility index (Phi) is 4.51. The monoisotopic (exact) mass is 504 g/mol. The number of halogens is 1. The van der Waals surface area contributed by atoms with E-state index in [9.17, 15) is 0 Å². The molecule has 0 radical (unpaired) electrons. The molecule has 3 atom stereocenters. The van der Waals surface area contributed by atoms with Crippen LogP contribution in [0.4, 0.5) is 5.82 Å². The molecule has 5 aromatic heterocycles. The van der Waals surface area contributed by atoms with Gasteiger partial charge in [0.05, 0.1) is 11.2 Å². The quantitative estimate of drug-likeness (QED) is 0.374. The van der Waals surface area contributed by atoms with Crippen LogP contribution >= 0.6 is 22.9 Å². The van der Waals surface area contributed by atoms with Crippen molar-refractivity contribution >= 4 is 39.9 Å². The van der Waals surface area contributed by atoms with E-state index < -0.39 is 0 Å². The molecule has 2 fully saturated rings. The van der Waals surface area contributed by atoms with Crippen LogP contribution in [-0.4, -0.2) is 59.5 Å². The molecule has 6 heterocycles. The summed E-state index contributed by atoms with van der Waals surface area (Å²) in [6.07, 6.45) is 6.97. The number of aromatic amines is 1. The molecule has 0 bridgehead atoms. The van der Waals surface area contributed by atoms with Gasteiger partial charge in [-0.15, -0.1) is 11.3 Å². The van der Waals surface area contributed by atoms with Gasteiger partial charge in [0.1, 0.15) is 22.0 Å². The SMILES string of the molecule is Cc1csc(C2(CN)[C@@H]3CN(c4cnc5c(-c6ccnc(-n7cccn7)c6Cl)n[nH]c5n4)C[C@@H]32)n1. The van der Waals surface area contributed by atoms with Crippen LogP contribution in [0.15, 0.2) is 42.3 Å².